The van der Waals surface area contributed by atoms with Crippen LogP contribution in [-0.4, -0.2) is 142 Å². The number of imidazole rings is 1. The molecule has 4 N–H and O–H groups in total. The van der Waals surface area contributed by atoms with Crippen LogP contribution < -0.4 is 43.8 Å². The van der Waals surface area contributed by atoms with Gasteiger partial charge in [-0.2, -0.15) is 4.31 Å². The molecular formula is C99H100Cl12N12O12S4. The lowest BCUT2D eigenvalue weighted by Crippen LogP contribution is -2.46. The van der Waals surface area contributed by atoms with Crippen molar-refractivity contribution in [1.82, 2.24) is 38.3 Å². The highest BCUT2D eigenvalue weighted by Gasteiger charge is 2.40. The Hall–Kier alpha value is -8.09. The summed E-state index contributed by atoms with van der Waals surface area (Å²) in [4.78, 5) is 29.3. The maximum absolute atomic E-state index is 13.3. The fourth-order valence-electron chi connectivity index (χ4n) is 17.2. The molecule has 40 heteroatoms. The molecule has 0 aliphatic carbocycles. The zero-order chi connectivity index (χ0) is 99.2. The lowest BCUT2D eigenvalue weighted by atomic mass is 9.91. The van der Waals surface area contributed by atoms with Gasteiger partial charge in [0.2, 0.25) is 30.1 Å². The van der Waals surface area contributed by atoms with E-state index in [0.29, 0.717) is 161 Å². The van der Waals surface area contributed by atoms with Gasteiger partial charge in [-0.1, -0.05) is 202 Å². The molecule has 139 heavy (non-hydrogen) atoms. The summed E-state index contributed by atoms with van der Waals surface area (Å²) in [7, 11) is -13.4. The minimum atomic E-state index is -3.92. The van der Waals surface area contributed by atoms with E-state index in [1.165, 1.54) is 46.9 Å². The molecule has 5 fully saturated rings. The number of rotatable bonds is 24. The second-order valence-corrected chi connectivity index (χ2v) is 46.4. The van der Waals surface area contributed by atoms with Crippen molar-refractivity contribution in [2.75, 3.05) is 78.7 Å². The first-order valence-electron chi connectivity index (χ1n) is 44.5. The number of hydrogen-bond acceptors (Lipinski definition) is 18. The number of sulfonamides is 4. The van der Waals surface area contributed by atoms with Crippen LogP contribution in [-0.2, 0) is 56.6 Å². The summed E-state index contributed by atoms with van der Waals surface area (Å²) in [5, 5.41) is 10.1. The standard InChI is InChI=1S/C28H24Cl3N3O3S.C27H28Cl3N3O5S2.C22H23Cl3N4O2S.C22H25Cl3N2O2/c29-20-3-1-19(2-4-20)28-18-22(13-16-34(28)27-10-5-21(30)17-26(27)31)33-38(35,36)25-8-6-23(7-9-25)37-24-11-14-32-15-12-24;28-20-3-1-19(2-4-20)27-18-22(11-12-33(27)26-10-5-21(29)17-25(26)30)31-39(34,35)23-6-8-24(9-7-23)40(36,37)32-13-15-38-16-14-32;1-14-26-22(13-28(14)2)32(30,31)27-18-9-10-29(20-8-7-17(24)11-19(20)25)21(12-18)15-3-5-16(23)6-4-15;1-14(2)13-29-22(28)26-18-9-10-27(20-8-7-17(24)11-19(20)25)21(12-18)15-3-5-16(23)6-4-15/h1-12,14-15,17,22,28,33H,13,16,18H2;1-10,17,22,27,31H,11-16,18H2;3-8,11,13,18,21,27H,9-10,12H2,1-2H3;3-8,11,14,18,21H,9-10,12-13H2,1-2H3,(H,26,28)/t22?,28-;22?,27-;2*18-,21+/m0011/s1. The van der Waals surface area contributed by atoms with Crippen LogP contribution in [0.25, 0.3) is 0 Å². The van der Waals surface area contributed by atoms with Gasteiger partial charge in [-0.15, -0.1) is 0 Å². The number of nitrogens with one attached hydrogen (secondary N) is 4. The van der Waals surface area contributed by atoms with E-state index in [0.717, 1.165) is 64.4 Å². The molecule has 17 rings (SSSR count). The third-order valence-electron chi connectivity index (χ3n) is 24.3. The van der Waals surface area contributed by atoms with Gasteiger partial charge in [0.15, 0.2) is 5.03 Å². The summed E-state index contributed by atoms with van der Waals surface area (Å²) in [6.45, 7) is 9.88. The molecule has 5 aliphatic heterocycles. The lowest BCUT2D eigenvalue weighted by molar-refractivity contribution is 0.0730. The summed E-state index contributed by atoms with van der Waals surface area (Å²) in [5.41, 5.74) is 7.57. The SMILES string of the molecule is CC(C)COC(=O)N[C@@H]1CCN(c2ccc(Cl)cc2Cl)[C@H](c2ccc(Cl)cc2)C1.Cc1nc(S(=O)(=O)N[C@@H]2CCN(c3ccc(Cl)cc3Cl)[C@H](c3ccc(Cl)cc3)C2)cn1C.O=S(=O)(NC1CCN(c2ccc(Cl)cc2Cl)[C@H](c2ccc(Cl)cc2)C1)c1ccc(Oc2ccncc2)cc1.O=S(=O)(NC1CCN(c2ccc(Cl)cc2Cl)[C@H](c2ccc(Cl)cc2)C1)c1ccc(S(=O)(=O)N2CCOCC2)cc1. The van der Waals surface area contributed by atoms with E-state index in [-0.39, 0.29) is 87.2 Å². The molecule has 2 unspecified atom stereocenters. The number of hydrogen-bond donors (Lipinski definition) is 4. The van der Waals surface area contributed by atoms with Crippen molar-refractivity contribution in [2.45, 2.75) is 140 Å². The summed E-state index contributed by atoms with van der Waals surface area (Å²) in [6, 6.07) is 66.0. The normalized spacial score (nSPS) is 19.4. The van der Waals surface area contributed by atoms with Crippen LogP contribution in [0, 0.1) is 12.8 Å². The molecule has 24 nitrogen and oxygen atoms in total. The second kappa shape index (κ2) is 48.1. The van der Waals surface area contributed by atoms with Crippen LogP contribution >= 0.6 is 139 Å². The van der Waals surface area contributed by atoms with Crippen molar-refractivity contribution in [3.63, 3.8) is 0 Å². The number of carbonyl (C=O) groups excluding carboxylic acids is 1. The minimum Gasteiger partial charge on any atom is -0.457 e. The maximum Gasteiger partial charge on any atom is 0.407 e. The number of alkyl carbamates (subject to hydrolysis) is 1. The molecule has 0 radical (unpaired) electrons. The fraction of sp³-hybridized carbons (Fsp3) is 0.303. The van der Waals surface area contributed by atoms with E-state index in [9.17, 15) is 38.5 Å². The highest BCUT2D eigenvalue weighted by Crippen LogP contribution is 2.46. The molecule has 736 valence electrons. The van der Waals surface area contributed by atoms with Crippen LogP contribution in [0.15, 0.2) is 269 Å². The molecule has 5 saturated heterocycles. The molecule has 0 spiro atoms. The van der Waals surface area contributed by atoms with Crippen LogP contribution in [0.5, 0.6) is 11.5 Å². The van der Waals surface area contributed by atoms with Gasteiger partial charge < -0.3 is 43.7 Å². The summed E-state index contributed by atoms with van der Waals surface area (Å²) >= 11 is 75.0. The number of morpholine rings is 1. The van der Waals surface area contributed by atoms with Crippen molar-refractivity contribution in [2.24, 2.45) is 13.0 Å². The molecule has 7 heterocycles. The van der Waals surface area contributed by atoms with E-state index in [1.54, 1.807) is 110 Å². The molecule has 0 bridgehead atoms. The van der Waals surface area contributed by atoms with Crippen molar-refractivity contribution in [3.05, 3.63) is 337 Å². The Kier molecular flexibility index (Phi) is 36.9. The average Bonchev–Trinajstić information content (AvgIpc) is 1.63. The third kappa shape index (κ3) is 28.3. The van der Waals surface area contributed by atoms with Gasteiger partial charge >= 0.3 is 6.09 Å². The Morgan fingerprint density at radius 3 is 1.04 bits per heavy atom. The Morgan fingerprint density at radius 1 is 0.396 bits per heavy atom. The molecule has 0 saturated carbocycles. The number of aryl methyl sites for hydroxylation is 2. The molecule has 2 aromatic heterocycles. The quantitative estimate of drug-likeness (QED) is 0.0437. The van der Waals surface area contributed by atoms with Gasteiger partial charge in [-0.25, -0.2) is 57.6 Å². The molecule has 1 amide bonds. The van der Waals surface area contributed by atoms with E-state index >= 15 is 0 Å². The zero-order valence-corrected chi connectivity index (χ0v) is 87.9. The van der Waals surface area contributed by atoms with E-state index in [2.05, 4.69) is 49.1 Å². The van der Waals surface area contributed by atoms with Crippen molar-refractivity contribution in [3.8, 4) is 11.5 Å². The lowest BCUT2D eigenvalue weighted by Gasteiger charge is -2.42. The number of amides is 1. The largest absolute Gasteiger partial charge is 0.457 e. The predicted molar refractivity (Wildman–Crippen MR) is 559 cm³/mol. The predicted octanol–water partition coefficient (Wildman–Crippen LogP) is 25.0. The van der Waals surface area contributed by atoms with E-state index < -0.39 is 40.1 Å². The van der Waals surface area contributed by atoms with Crippen LogP contribution in [0.4, 0.5) is 27.5 Å². The molecule has 10 aromatic carbocycles. The second-order valence-electron chi connectivity index (χ2n) is 34.3. The van der Waals surface area contributed by atoms with Gasteiger partial charge in [0.1, 0.15) is 17.3 Å². The van der Waals surface area contributed by atoms with Crippen LogP contribution in [0.3, 0.4) is 0 Å². The first-order chi connectivity index (χ1) is 66.3. The highest BCUT2D eigenvalue weighted by molar-refractivity contribution is 7.90. The number of ether oxygens (including phenoxy) is 3. The molecule has 12 aromatic rings. The highest BCUT2D eigenvalue weighted by atomic mass is 35.5. The minimum absolute atomic E-state index is 0.000328. The van der Waals surface area contributed by atoms with Gasteiger partial charge in [0.05, 0.1) is 102 Å². The number of aromatic nitrogens is 3. The molecular weight excluding hydrogens is 2100 g/mol. The van der Waals surface area contributed by atoms with Crippen molar-refractivity contribution in [1.29, 1.82) is 0 Å². The first-order valence-corrected chi connectivity index (χ1v) is 55.0. The first kappa shape index (κ1) is 107. The molecule has 8 atom stereocenters. The van der Waals surface area contributed by atoms with Crippen molar-refractivity contribution < 1.29 is 52.7 Å². The Balaban J connectivity index is 0.000000149. The van der Waals surface area contributed by atoms with Gasteiger partial charge in [-0.05, 0) is 268 Å². The number of pyridine rings is 1. The Labute approximate surface area is 871 Å². The zero-order valence-electron chi connectivity index (χ0n) is 75.5. The summed E-state index contributed by atoms with van der Waals surface area (Å²) < 4.78 is 133. The van der Waals surface area contributed by atoms with Gasteiger partial charge in [0.25, 0.3) is 10.0 Å². The van der Waals surface area contributed by atoms with Crippen LogP contribution in [0.1, 0.15) is 117 Å². The smallest absolute Gasteiger partial charge is 0.407 e. The van der Waals surface area contributed by atoms with Gasteiger partial charge in [-0.3, -0.25) is 4.98 Å². The maximum atomic E-state index is 13.3. The number of nitrogens with zero attached hydrogens (tertiary/aromatic N) is 8. The average molecular weight is 2200 g/mol. The van der Waals surface area contributed by atoms with Gasteiger partial charge in [0, 0.05) is 129 Å². The number of halogens is 12. The topological polar surface area (TPSA) is 276 Å². The van der Waals surface area contributed by atoms with E-state index in [1.807, 2.05) is 129 Å². The fourth-order valence-corrected chi connectivity index (χ4v) is 25.1. The van der Waals surface area contributed by atoms with Crippen molar-refractivity contribution >= 4 is 208 Å². The number of benzene rings is 10. The Bertz CT molecular complexity index is 6710. The van der Waals surface area contributed by atoms with Crippen LogP contribution in [0.2, 0.25) is 60.3 Å². The summed E-state index contributed by atoms with van der Waals surface area (Å²) in [6.07, 6.45) is 9.28. The monoisotopic (exact) mass is 2200 g/mol. The summed E-state index contributed by atoms with van der Waals surface area (Å²) in [5.74, 6) is 2.09. The Morgan fingerprint density at radius 2 is 0.705 bits per heavy atom. The number of anilines is 4. The molecule has 5 aliphatic rings. The number of carbonyl (C=O) groups is 1. The third-order valence-corrected chi connectivity index (χ3v) is 33.8. The van der Waals surface area contributed by atoms with E-state index in [4.69, 9.17) is 153 Å². The number of piperidine rings is 4.